The summed E-state index contributed by atoms with van der Waals surface area (Å²) in [7, 11) is 0. The third-order valence-electron chi connectivity index (χ3n) is 4.84. The predicted octanol–water partition coefficient (Wildman–Crippen LogP) is 5.80. The largest absolute Gasteiger partial charge is 0.492 e. The lowest BCUT2D eigenvalue weighted by Crippen LogP contribution is -2.32. The standard InChI is InChI=1S/C22H16FNOS/c23-15-10-11-19-16(12-15)21-17(13-25-19)22(14-6-2-1-3-7-14)26-20-9-5-4-8-18(20)24-21/h1-12,17,22H,13H2. The Morgan fingerprint density at radius 3 is 2.65 bits per heavy atom. The number of hydrogen-bond acceptors (Lipinski definition) is 3. The quantitative estimate of drug-likeness (QED) is 0.546. The average Bonchev–Trinajstić information content (AvgIpc) is 2.85. The summed E-state index contributed by atoms with van der Waals surface area (Å²) in [5.41, 5.74) is 3.85. The molecule has 0 spiro atoms. The molecular formula is C22H16FNOS. The first-order valence-electron chi connectivity index (χ1n) is 8.61. The molecule has 2 aliphatic rings. The van der Waals surface area contributed by atoms with Gasteiger partial charge in [0.2, 0.25) is 0 Å². The van der Waals surface area contributed by atoms with E-state index in [1.54, 1.807) is 12.1 Å². The first kappa shape index (κ1) is 15.6. The Labute approximate surface area is 155 Å². The van der Waals surface area contributed by atoms with Gasteiger partial charge in [-0.05, 0) is 35.9 Å². The fourth-order valence-electron chi connectivity index (χ4n) is 3.60. The zero-order valence-electron chi connectivity index (χ0n) is 13.9. The van der Waals surface area contributed by atoms with E-state index in [0.29, 0.717) is 12.4 Å². The number of aliphatic imine (C=N–C) groups is 1. The Bertz CT molecular complexity index is 1000. The van der Waals surface area contributed by atoms with Gasteiger partial charge in [-0.2, -0.15) is 0 Å². The van der Waals surface area contributed by atoms with E-state index >= 15 is 0 Å². The number of rotatable bonds is 1. The molecule has 0 bridgehead atoms. The maximum Gasteiger partial charge on any atom is 0.128 e. The maximum atomic E-state index is 14.0. The zero-order valence-corrected chi connectivity index (χ0v) is 14.7. The van der Waals surface area contributed by atoms with Crippen molar-refractivity contribution in [2.75, 3.05) is 6.61 Å². The van der Waals surface area contributed by atoms with Crippen LogP contribution in [0.25, 0.3) is 0 Å². The van der Waals surface area contributed by atoms with Gasteiger partial charge in [0, 0.05) is 15.7 Å². The zero-order chi connectivity index (χ0) is 17.5. The Morgan fingerprint density at radius 2 is 1.77 bits per heavy atom. The molecule has 0 aromatic heterocycles. The van der Waals surface area contributed by atoms with Gasteiger partial charge in [0.15, 0.2) is 0 Å². The van der Waals surface area contributed by atoms with E-state index < -0.39 is 0 Å². The van der Waals surface area contributed by atoms with Crippen LogP contribution in [0.15, 0.2) is 82.7 Å². The molecule has 2 aliphatic heterocycles. The number of ether oxygens (including phenoxy) is 1. The van der Waals surface area contributed by atoms with Crippen LogP contribution in [0.4, 0.5) is 10.1 Å². The molecule has 0 N–H and O–H groups in total. The van der Waals surface area contributed by atoms with Crippen LogP contribution in [0.2, 0.25) is 0 Å². The topological polar surface area (TPSA) is 21.6 Å². The highest BCUT2D eigenvalue weighted by Crippen LogP contribution is 2.50. The Hall–Kier alpha value is -2.59. The van der Waals surface area contributed by atoms with E-state index in [1.165, 1.54) is 11.6 Å². The van der Waals surface area contributed by atoms with Gasteiger partial charge in [-0.25, -0.2) is 4.39 Å². The molecule has 2 atom stereocenters. The molecule has 2 nitrogen and oxygen atoms in total. The molecule has 128 valence electrons. The lowest BCUT2D eigenvalue weighted by Gasteiger charge is -2.31. The van der Waals surface area contributed by atoms with Gasteiger partial charge in [0.1, 0.15) is 11.6 Å². The highest BCUT2D eigenvalue weighted by Gasteiger charge is 2.37. The third-order valence-corrected chi connectivity index (χ3v) is 6.29. The lowest BCUT2D eigenvalue weighted by atomic mass is 9.88. The van der Waals surface area contributed by atoms with Gasteiger partial charge in [0.05, 0.1) is 23.9 Å². The minimum absolute atomic E-state index is 0.0594. The minimum atomic E-state index is -0.267. The van der Waals surface area contributed by atoms with E-state index in [-0.39, 0.29) is 17.0 Å². The SMILES string of the molecule is Fc1ccc2c(c1)C1=Nc3ccccc3SC(c3ccccc3)C1CO2. The van der Waals surface area contributed by atoms with Crippen molar-refractivity contribution in [3.63, 3.8) is 0 Å². The molecule has 3 aromatic carbocycles. The molecule has 2 heterocycles. The number of nitrogens with zero attached hydrogens (tertiary/aromatic N) is 1. The highest BCUT2D eigenvalue weighted by atomic mass is 32.2. The van der Waals surface area contributed by atoms with Crippen molar-refractivity contribution >= 4 is 23.2 Å². The number of fused-ring (bicyclic) bond motifs is 4. The fraction of sp³-hybridized carbons (Fsp3) is 0.136. The summed E-state index contributed by atoms with van der Waals surface area (Å²) in [5, 5.41) is 0.162. The minimum Gasteiger partial charge on any atom is -0.492 e. The second kappa shape index (κ2) is 6.29. The van der Waals surface area contributed by atoms with Crippen LogP contribution in [-0.2, 0) is 0 Å². The molecule has 4 heteroatoms. The van der Waals surface area contributed by atoms with Gasteiger partial charge in [-0.1, -0.05) is 42.5 Å². The molecule has 0 amide bonds. The van der Waals surface area contributed by atoms with Crippen LogP contribution >= 0.6 is 11.8 Å². The molecule has 3 aromatic rings. The summed E-state index contributed by atoms with van der Waals surface area (Å²) in [6.45, 7) is 0.540. The van der Waals surface area contributed by atoms with Crippen molar-refractivity contribution in [3.8, 4) is 5.75 Å². The van der Waals surface area contributed by atoms with Gasteiger partial charge in [0.25, 0.3) is 0 Å². The number of thioether (sulfide) groups is 1. The molecular weight excluding hydrogens is 345 g/mol. The second-order valence-electron chi connectivity index (χ2n) is 6.47. The monoisotopic (exact) mass is 361 g/mol. The van der Waals surface area contributed by atoms with E-state index in [9.17, 15) is 4.39 Å². The van der Waals surface area contributed by atoms with Crippen LogP contribution in [0.1, 0.15) is 16.4 Å². The molecule has 0 aliphatic carbocycles. The summed E-state index contributed by atoms with van der Waals surface area (Å²) in [6, 6.07) is 23.3. The normalized spacial score (nSPS) is 20.7. The number of hydrogen-bond donors (Lipinski definition) is 0. The van der Waals surface area contributed by atoms with Gasteiger partial charge < -0.3 is 4.74 Å². The van der Waals surface area contributed by atoms with Crippen LogP contribution in [0.3, 0.4) is 0 Å². The van der Waals surface area contributed by atoms with Gasteiger partial charge >= 0.3 is 0 Å². The number of para-hydroxylation sites is 1. The Balaban J connectivity index is 1.72. The fourth-order valence-corrected chi connectivity index (χ4v) is 4.93. The first-order chi connectivity index (χ1) is 12.8. The molecule has 0 fully saturated rings. The van der Waals surface area contributed by atoms with Gasteiger partial charge in [-0.15, -0.1) is 11.8 Å². The second-order valence-corrected chi connectivity index (χ2v) is 7.66. The summed E-state index contributed by atoms with van der Waals surface area (Å²) in [4.78, 5) is 6.11. The Morgan fingerprint density at radius 1 is 0.962 bits per heavy atom. The summed E-state index contributed by atoms with van der Waals surface area (Å²) in [6.07, 6.45) is 0. The summed E-state index contributed by atoms with van der Waals surface area (Å²) >= 11 is 1.81. The lowest BCUT2D eigenvalue weighted by molar-refractivity contribution is 0.271. The van der Waals surface area contributed by atoms with Gasteiger partial charge in [-0.3, -0.25) is 4.99 Å². The van der Waals surface area contributed by atoms with Crippen LogP contribution in [-0.4, -0.2) is 12.3 Å². The summed E-state index contributed by atoms with van der Waals surface area (Å²) < 4.78 is 19.9. The van der Waals surface area contributed by atoms with Crippen molar-refractivity contribution in [2.45, 2.75) is 10.1 Å². The third kappa shape index (κ3) is 2.61. The number of benzene rings is 3. The van der Waals surface area contributed by atoms with E-state index in [0.717, 1.165) is 21.9 Å². The van der Waals surface area contributed by atoms with Crippen LogP contribution < -0.4 is 4.74 Å². The number of halogens is 1. The van der Waals surface area contributed by atoms with Crippen LogP contribution in [0.5, 0.6) is 5.75 Å². The maximum absolute atomic E-state index is 14.0. The van der Waals surface area contributed by atoms with Crippen molar-refractivity contribution in [1.29, 1.82) is 0 Å². The summed E-state index contributed by atoms with van der Waals surface area (Å²) in [5.74, 6) is 0.499. The van der Waals surface area contributed by atoms with Crippen molar-refractivity contribution < 1.29 is 9.13 Å². The molecule has 0 saturated carbocycles. The molecule has 5 rings (SSSR count). The van der Waals surface area contributed by atoms with E-state index in [4.69, 9.17) is 9.73 Å². The average molecular weight is 361 g/mol. The van der Waals surface area contributed by atoms with Crippen molar-refractivity contribution in [1.82, 2.24) is 0 Å². The molecule has 0 radical (unpaired) electrons. The van der Waals surface area contributed by atoms with Crippen molar-refractivity contribution in [2.24, 2.45) is 10.9 Å². The highest BCUT2D eigenvalue weighted by molar-refractivity contribution is 7.99. The predicted molar refractivity (Wildman–Crippen MR) is 103 cm³/mol. The molecule has 0 saturated heterocycles. The van der Waals surface area contributed by atoms with Crippen molar-refractivity contribution in [3.05, 3.63) is 89.7 Å². The molecule has 26 heavy (non-hydrogen) atoms. The Kier molecular flexibility index (Phi) is 3.79. The molecule has 2 unspecified atom stereocenters. The smallest absolute Gasteiger partial charge is 0.128 e. The first-order valence-corrected chi connectivity index (χ1v) is 9.49. The van der Waals surface area contributed by atoms with E-state index in [2.05, 4.69) is 30.3 Å². The van der Waals surface area contributed by atoms with E-state index in [1.807, 2.05) is 36.0 Å². The van der Waals surface area contributed by atoms with Crippen LogP contribution in [0, 0.1) is 11.7 Å².